The average molecular weight is 243 g/mol. The molecule has 1 aromatic rings. The maximum absolute atomic E-state index is 9.23. The number of rotatable bonds is 3. The Morgan fingerprint density at radius 3 is 2.67 bits per heavy atom. The average Bonchev–Trinajstić information content (AvgIpc) is 2.39. The van der Waals surface area contributed by atoms with E-state index in [1.54, 1.807) is 0 Å². The van der Waals surface area contributed by atoms with Gasteiger partial charge in [0.25, 0.3) is 0 Å². The maximum Gasteiger partial charge on any atom is 0.101 e. The molecule has 0 radical (unpaired) electrons. The quantitative estimate of drug-likeness (QED) is 0.884. The van der Waals surface area contributed by atoms with Gasteiger partial charge >= 0.3 is 0 Å². The number of nitrogens with one attached hydrogen (secondary N) is 1. The fourth-order valence-electron chi connectivity index (χ4n) is 2.44. The van der Waals surface area contributed by atoms with Gasteiger partial charge in [0.15, 0.2) is 0 Å². The Labute approximate surface area is 109 Å². The molecule has 2 rings (SSSR count). The third-order valence-corrected chi connectivity index (χ3v) is 3.28. The molecule has 3 heteroatoms. The Bertz CT molecular complexity index is 440. The molecule has 0 atom stereocenters. The number of nitriles is 1. The Balaban J connectivity index is 2.27. The monoisotopic (exact) mass is 243 g/mol. The van der Waals surface area contributed by atoms with Crippen molar-refractivity contribution >= 4 is 5.69 Å². The van der Waals surface area contributed by atoms with Gasteiger partial charge < -0.3 is 10.2 Å². The van der Waals surface area contributed by atoms with Crippen molar-refractivity contribution < 1.29 is 0 Å². The van der Waals surface area contributed by atoms with E-state index in [0.29, 0.717) is 5.92 Å². The first-order chi connectivity index (χ1) is 8.70. The van der Waals surface area contributed by atoms with E-state index in [9.17, 15) is 5.26 Å². The predicted octanol–water partition coefficient (Wildman–Crippen LogP) is 2.17. The zero-order valence-electron chi connectivity index (χ0n) is 11.2. The summed E-state index contributed by atoms with van der Waals surface area (Å²) in [5, 5.41) is 12.6. The summed E-state index contributed by atoms with van der Waals surface area (Å²) in [5.74, 6) is 0.647. The molecule has 1 aromatic carbocycles. The SMILES string of the molecule is CC(C)Cc1ccc(C#N)c(N2CCNCC2)c1. The first kappa shape index (κ1) is 12.9. The maximum atomic E-state index is 9.23. The highest BCUT2D eigenvalue weighted by Crippen LogP contribution is 2.23. The summed E-state index contributed by atoms with van der Waals surface area (Å²) in [6.07, 6.45) is 1.07. The van der Waals surface area contributed by atoms with Crippen molar-refractivity contribution in [1.82, 2.24) is 5.32 Å². The molecule has 3 nitrogen and oxygen atoms in total. The van der Waals surface area contributed by atoms with Gasteiger partial charge in [0, 0.05) is 26.2 Å². The molecule has 0 bridgehead atoms. The first-order valence-electron chi connectivity index (χ1n) is 6.69. The zero-order valence-corrected chi connectivity index (χ0v) is 11.2. The number of hydrogen-bond acceptors (Lipinski definition) is 3. The summed E-state index contributed by atoms with van der Waals surface area (Å²) in [7, 11) is 0. The highest BCUT2D eigenvalue weighted by molar-refractivity contribution is 5.61. The lowest BCUT2D eigenvalue weighted by Gasteiger charge is -2.30. The second kappa shape index (κ2) is 5.88. The minimum Gasteiger partial charge on any atom is -0.368 e. The van der Waals surface area contributed by atoms with Crippen LogP contribution in [-0.4, -0.2) is 26.2 Å². The summed E-state index contributed by atoms with van der Waals surface area (Å²) in [6, 6.07) is 8.56. The lowest BCUT2D eigenvalue weighted by molar-refractivity contribution is 0.588. The molecule has 1 aliphatic rings. The molecule has 0 aliphatic carbocycles. The standard InChI is InChI=1S/C15H21N3/c1-12(2)9-13-3-4-14(11-16)15(10-13)18-7-5-17-6-8-18/h3-4,10,12,17H,5-9H2,1-2H3. The highest BCUT2D eigenvalue weighted by atomic mass is 15.2. The van der Waals surface area contributed by atoms with Crippen LogP contribution in [0.4, 0.5) is 5.69 Å². The van der Waals surface area contributed by atoms with E-state index in [1.165, 1.54) is 5.56 Å². The topological polar surface area (TPSA) is 39.1 Å². The van der Waals surface area contributed by atoms with E-state index in [1.807, 2.05) is 6.07 Å². The molecule has 0 amide bonds. The fourth-order valence-corrected chi connectivity index (χ4v) is 2.44. The van der Waals surface area contributed by atoms with E-state index in [-0.39, 0.29) is 0 Å². The second-order valence-corrected chi connectivity index (χ2v) is 5.30. The van der Waals surface area contributed by atoms with Crippen LogP contribution in [0.15, 0.2) is 18.2 Å². The molecule has 0 spiro atoms. The van der Waals surface area contributed by atoms with E-state index in [0.717, 1.165) is 43.9 Å². The van der Waals surface area contributed by atoms with Gasteiger partial charge in [0.05, 0.1) is 11.3 Å². The van der Waals surface area contributed by atoms with Crippen LogP contribution in [0.1, 0.15) is 25.0 Å². The normalized spacial score (nSPS) is 15.8. The van der Waals surface area contributed by atoms with Gasteiger partial charge in [-0.3, -0.25) is 0 Å². The molecule has 0 unspecified atom stereocenters. The van der Waals surface area contributed by atoms with Gasteiger partial charge in [0.2, 0.25) is 0 Å². The predicted molar refractivity (Wildman–Crippen MR) is 74.8 cm³/mol. The third kappa shape index (κ3) is 3.02. The minimum atomic E-state index is 0.647. The lowest BCUT2D eigenvalue weighted by Crippen LogP contribution is -2.43. The first-order valence-corrected chi connectivity index (χ1v) is 6.69. The molecule has 1 N–H and O–H groups in total. The summed E-state index contributed by atoms with van der Waals surface area (Å²) in [5.41, 5.74) is 3.24. The molecule has 1 aliphatic heterocycles. The van der Waals surface area contributed by atoms with Crippen molar-refractivity contribution in [2.45, 2.75) is 20.3 Å². The van der Waals surface area contributed by atoms with Crippen LogP contribution < -0.4 is 10.2 Å². The molecular formula is C15H21N3. The van der Waals surface area contributed by atoms with Gasteiger partial charge in [0.1, 0.15) is 6.07 Å². The Morgan fingerprint density at radius 1 is 1.33 bits per heavy atom. The van der Waals surface area contributed by atoms with Crippen LogP contribution in [0.25, 0.3) is 0 Å². The van der Waals surface area contributed by atoms with E-state index in [2.05, 4.69) is 42.3 Å². The zero-order chi connectivity index (χ0) is 13.0. The number of anilines is 1. The summed E-state index contributed by atoms with van der Waals surface area (Å²) >= 11 is 0. The van der Waals surface area contributed by atoms with Crippen LogP contribution in [0.2, 0.25) is 0 Å². The van der Waals surface area contributed by atoms with Crippen molar-refractivity contribution in [2.75, 3.05) is 31.1 Å². The molecule has 1 heterocycles. The molecular weight excluding hydrogens is 222 g/mol. The number of benzene rings is 1. The van der Waals surface area contributed by atoms with Crippen LogP contribution >= 0.6 is 0 Å². The molecule has 1 fully saturated rings. The van der Waals surface area contributed by atoms with Crippen LogP contribution in [-0.2, 0) is 6.42 Å². The van der Waals surface area contributed by atoms with Crippen molar-refractivity contribution in [3.63, 3.8) is 0 Å². The highest BCUT2D eigenvalue weighted by Gasteiger charge is 2.14. The van der Waals surface area contributed by atoms with Gasteiger partial charge in [-0.2, -0.15) is 5.26 Å². The molecule has 1 saturated heterocycles. The van der Waals surface area contributed by atoms with Crippen molar-refractivity contribution in [2.24, 2.45) is 5.92 Å². The van der Waals surface area contributed by atoms with Crippen molar-refractivity contribution in [1.29, 1.82) is 5.26 Å². The Hall–Kier alpha value is -1.53. The van der Waals surface area contributed by atoms with Crippen molar-refractivity contribution in [3.8, 4) is 6.07 Å². The van der Waals surface area contributed by atoms with Crippen LogP contribution in [0, 0.1) is 17.2 Å². The largest absolute Gasteiger partial charge is 0.368 e. The van der Waals surface area contributed by atoms with Gasteiger partial charge in [-0.25, -0.2) is 0 Å². The van der Waals surface area contributed by atoms with Gasteiger partial charge in [-0.1, -0.05) is 19.9 Å². The second-order valence-electron chi connectivity index (χ2n) is 5.30. The number of nitrogens with zero attached hydrogens (tertiary/aromatic N) is 2. The van der Waals surface area contributed by atoms with E-state index >= 15 is 0 Å². The lowest BCUT2D eigenvalue weighted by atomic mass is 10.00. The van der Waals surface area contributed by atoms with Gasteiger partial charge in [-0.05, 0) is 30.0 Å². The number of piperazine rings is 1. The molecule has 0 saturated carbocycles. The van der Waals surface area contributed by atoms with Gasteiger partial charge in [-0.15, -0.1) is 0 Å². The minimum absolute atomic E-state index is 0.647. The van der Waals surface area contributed by atoms with E-state index in [4.69, 9.17) is 0 Å². The van der Waals surface area contributed by atoms with Crippen LogP contribution in [0.3, 0.4) is 0 Å². The molecule has 18 heavy (non-hydrogen) atoms. The van der Waals surface area contributed by atoms with E-state index < -0.39 is 0 Å². The molecule has 0 aromatic heterocycles. The van der Waals surface area contributed by atoms with Crippen molar-refractivity contribution in [3.05, 3.63) is 29.3 Å². The Morgan fingerprint density at radius 2 is 2.06 bits per heavy atom. The third-order valence-electron chi connectivity index (χ3n) is 3.28. The molecule has 96 valence electrons. The number of hydrogen-bond donors (Lipinski definition) is 1. The summed E-state index contributed by atoms with van der Waals surface area (Å²) < 4.78 is 0. The summed E-state index contributed by atoms with van der Waals surface area (Å²) in [4.78, 5) is 2.32. The fraction of sp³-hybridized carbons (Fsp3) is 0.533. The smallest absolute Gasteiger partial charge is 0.101 e. The summed E-state index contributed by atoms with van der Waals surface area (Å²) in [6.45, 7) is 8.42. The van der Waals surface area contributed by atoms with Crippen LogP contribution in [0.5, 0.6) is 0 Å². The Kier molecular flexibility index (Phi) is 4.22.